The lowest BCUT2D eigenvalue weighted by Gasteiger charge is -2.29. The molecule has 1 unspecified atom stereocenters. The van der Waals surface area contributed by atoms with Gasteiger partial charge in [0.05, 0.1) is 6.54 Å². The van der Waals surface area contributed by atoms with Gasteiger partial charge in [-0.15, -0.1) is 0 Å². The summed E-state index contributed by atoms with van der Waals surface area (Å²) in [5.41, 5.74) is 2.37. The van der Waals surface area contributed by atoms with E-state index in [0.717, 1.165) is 18.7 Å². The van der Waals surface area contributed by atoms with Crippen LogP contribution in [0, 0.1) is 0 Å². The van der Waals surface area contributed by atoms with Crippen molar-refractivity contribution < 1.29 is 9.53 Å². The molecule has 0 aliphatic carbocycles. The quantitative estimate of drug-likeness (QED) is 0.540. The summed E-state index contributed by atoms with van der Waals surface area (Å²) in [4.78, 5) is 14.8. The molecule has 3 rings (SSSR count). The van der Waals surface area contributed by atoms with Crippen molar-refractivity contribution in [2.75, 3.05) is 6.61 Å². The van der Waals surface area contributed by atoms with Crippen LogP contribution in [0.15, 0.2) is 79.0 Å². The van der Waals surface area contributed by atoms with Crippen molar-refractivity contribution >= 4 is 5.91 Å². The zero-order valence-corrected chi connectivity index (χ0v) is 16.6. The number of amides is 1. The van der Waals surface area contributed by atoms with E-state index in [1.165, 1.54) is 5.56 Å². The van der Waals surface area contributed by atoms with Gasteiger partial charge >= 0.3 is 0 Å². The van der Waals surface area contributed by atoms with Crippen LogP contribution in [0.1, 0.15) is 31.5 Å². The summed E-state index contributed by atoms with van der Waals surface area (Å²) < 4.78 is 7.89. The largest absolute Gasteiger partial charge is 0.484 e. The Morgan fingerprint density at radius 3 is 2.36 bits per heavy atom. The van der Waals surface area contributed by atoms with Crippen molar-refractivity contribution in [3.63, 3.8) is 0 Å². The first kappa shape index (κ1) is 19.7. The van der Waals surface area contributed by atoms with E-state index in [-0.39, 0.29) is 18.6 Å². The van der Waals surface area contributed by atoms with Crippen LogP contribution in [0.4, 0.5) is 0 Å². The predicted octanol–water partition coefficient (Wildman–Crippen LogP) is 4.74. The summed E-state index contributed by atoms with van der Waals surface area (Å²) in [6.07, 6.45) is 2.97. The van der Waals surface area contributed by atoms with Crippen LogP contribution in [0.2, 0.25) is 0 Å². The van der Waals surface area contributed by atoms with Gasteiger partial charge in [0.15, 0.2) is 6.61 Å². The van der Waals surface area contributed by atoms with Crippen LogP contribution in [-0.4, -0.2) is 28.0 Å². The van der Waals surface area contributed by atoms with Crippen LogP contribution in [-0.2, 0) is 17.9 Å². The van der Waals surface area contributed by atoms with Crippen molar-refractivity contribution in [2.45, 2.75) is 39.4 Å². The molecule has 1 aromatic heterocycles. The molecule has 28 heavy (non-hydrogen) atoms. The van der Waals surface area contributed by atoms with E-state index >= 15 is 0 Å². The first-order chi connectivity index (χ1) is 13.7. The number of hydrogen-bond acceptors (Lipinski definition) is 2. The van der Waals surface area contributed by atoms with Gasteiger partial charge in [-0.1, -0.05) is 55.5 Å². The summed E-state index contributed by atoms with van der Waals surface area (Å²) in [6.45, 7) is 5.61. The van der Waals surface area contributed by atoms with Gasteiger partial charge in [0.1, 0.15) is 5.75 Å². The van der Waals surface area contributed by atoms with Crippen LogP contribution in [0.3, 0.4) is 0 Å². The van der Waals surface area contributed by atoms with E-state index in [1.807, 2.05) is 47.4 Å². The van der Waals surface area contributed by atoms with Crippen molar-refractivity contribution in [1.82, 2.24) is 9.47 Å². The molecule has 4 nitrogen and oxygen atoms in total. The minimum atomic E-state index is 0.00524. The molecular weight excluding hydrogens is 348 g/mol. The number of hydrogen-bond donors (Lipinski definition) is 0. The molecule has 1 heterocycles. The maximum Gasteiger partial charge on any atom is 0.261 e. The molecule has 0 saturated carbocycles. The van der Waals surface area contributed by atoms with Crippen molar-refractivity contribution in [3.05, 3.63) is 90.3 Å². The standard InChI is InChI=1S/C24H28N2O2/c1-3-20(2)26(24(27)19-28-23-14-8-5-9-15-23)18-22-13-10-16-25(22)17-21-11-6-4-7-12-21/h4-16,20H,3,17-19H2,1-2H3. The third-order valence-corrected chi connectivity index (χ3v) is 5.00. The number of benzene rings is 2. The van der Waals surface area contributed by atoms with Gasteiger partial charge in [0.2, 0.25) is 0 Å². The van der Waals surface area contributed by atoms with Gasteiger partial charge in [-0.05, 0) is 43.2 Å². The maximum atomic E-state index is 12.9. The highest BCUT2D eigenvalue weighted by atomic mass is 16.5. The Balaban J connectivity index is 1.69. The fourth-order valence-corrected chi connectivity index (χ4v) is 3.16. The SMILES string of the molecule is CCC(C)N(Cc1cccn1Cc1ccccc1)C(=O)COc1ccccc1. The summed E-state index contributed by atoms with van der Waals surface area (Å²) in [7, 11) is 0. The third kappa shape index (κ3) is 5.26. The van der Waals surface area contributed by atoms with Gasteiger partial charge in [-0.25, -0.2) is 0 Å². The molecule has 3 aromatic rings. The molecule has 1 amide bonds. The number of para-hydroxylation sites is 1. The van der Waals surface area contributed by atoms with Crippen molar-refractivity contribution in [1.29, 1.82) is 0 Å². The Bertz CT molecular complexity index is 859. The molecule has 0 radical (unpaired) electrons. The Labute approximate surface area is 167 Å². The van der Waals surface area contributed by atoms with Gasteiger partial charge in [0.25, 0.3) is 5.91 Å². The minimum absolute atomic E-state index is 0.00524. The number of carbonyl (C=O) groups is 1. The highest BCUT2D eigenvalue weighted by Crippen LogP contribution is 2.15. The number of nitrogens with zero attached hydrogens (tertiary/aromatic N) is 2. The number of ether oxygens (including phenoxy) is 1. The predicted molar refractivity (Wildman–Crippen MR) is 112 cm³/mol. The second-order valence-electron chi connectivity index (χ2n) is 6.99. The Morgan fingerprint density at radius 2 is 1.68 bits per heavy atom. The second-order valence-corrected chi connectivity index (χ2v) is 6.99. The molecule has 4 heteroatoms. The number of carbonyl (C=O) groups excluding carboxylic acids is 1. The molecule has 146 valence electrons. The Morgan fingerprint density at radius 1 is 1.00 bits per heavy atom. The second kappa shape index (κ2) is 9.79. The van der Waals surface area contributed by atoms with E-state index in [0.29, 0.717) is 12.3 Å². The molecule has 0 N–H and O–H groups in total. The van der Waals surface area contributed by atoms with E-state index in [9.17, 15) is 4.79 Å². The fraction of sp³-hybridized carbons (Fsp3) is 0.292. The van der Waals surface area contributed by atoms with Crippen molar-refractivity contribution in [2.24, 2.45) is 0 Å². The van der Waals surface area contributed by atoms with E-state index in [4.69, 9.17) is 4.74 Å². The van der Waals surface area contributed by atoms with Crippen molar-refractivity contribution in [3.8, 4) is 5.75 Å². The van der Waals surface area contributed by atoms with Crippen LogP contribution in [0.25, 0.3) is 0 Å². The van der Waals surface area contributed by atoms with E-state index in [2.05, 4.69) is 54.9 Å². The smallest absolute Gasteiger partial charge is 0.261 e. The number of rotatable bonds is 9. The van der Waals surface area contributed by atoms with Crippen LogP contribution >= 0.6 is 0 Å². The van der Waals surface area contributed by atoms with Gasteiger partial charge in [0, 0.05) is 24.5 Å². The van der Waals surface area contributed by atoms with Gasteiger partial charge in [-0.2, -0.15) is 0 Å². The zero-order valence-electron chi connectivity index (χ0n) is 16.6. The molecule has 0 fully saturated rings. The highest BCUT2D eigenvalue weighted by molar-refractivity contribution is 5.78. The lowest BCUT2D eigenvalue weighted by Crippen LogP contribution is -2.41. The summed E-state index contributed by atoms with van der Waals surface area (Å²) in [5.74, 6) is 0.720. The number of aromatic nitrogens is 1. The summed E-state index contributed by atoms with van der Waals surface area (Å²) in [5, 5.41) is 0. The van der Waals surface area contributed by atoms with Crippen LogP contribution < -0.4 is 4.74 Å². The lowest BCUT2D eigenvalue weighted by atomic mass is 10.2. The average molecular weight is 377 g/mol. The normalized spacial score (nSPS) is 11.8. The Kier molecular flexibility index (Phi) is 6.90. The first-order valence-corrected chi connectivity index (χ1v) is 9.82. The maximum absolute atomic E-state index is 12.9. The lowest BCUT2D eigenvalue weighted by molar-refractivity contribution is -0.136. The minimum Gasteiger partial charge on any atom is -0.484 e. The van der Waals surface area contributed by atoms with Gasteiger partial charge in [-0.3, -0.25) is 4.79 Å². The monoisotopic (exact) mass is 376 g/mol. The molecule has 0 aliphatic rings. The first-order valence-electron chi connectivity index (χ1n) is 9.82. The molecule has 0 aliphatic heterocycles. The average Bonchev–Trinajstić information content (AvgIpc) is 3.17. The molecule has 2 aromatic carbocycles. The molecule has 0 bridgehead atoms. The van der Waals surface area contributed by atoms with Gasteiger partial charge < -0.3 is 14.2 Å². The summed E-state index contributed by atoms with van der Waals surface area (Å²) >= 11 is 0. The highest BCUT2D eigenvalue weighted by Gasteiger charge is 2.21. The molecule has 0 saturated heterocycles. The fourth-order valence-electron chi connectivity index (χ4n) is 3.16. The zero-order chi connectivity index (χ0) is 19.8. The molecular formula is C24H28N2O2. The molecule has 1 atom stereocenters. The third-order valence-electron chi connectivity index (χ3n) is 5.00. The topological polar surface area (TPSA) is 34.5 Å². The van der Waals surface area contributed by atoms with Crippen LogP contribution in [0.5, 0.6) is 5.75 Å². The summed E-state index contributed by atoms with van der Waals surface area (Å²) in [6, 6.07) is 24.1. The molecule has 0 spiro atoms. The Hall–Kier alpha value is -3.01. The van der Waals surface area contributed by atoms with E-state index in [1.54, 1.807) is 0 Å². The van der Waals surface area contributed by atoms with E-state index < -0.39 is 0 Å².